The average Bonchev–Trinajstić information content (AvgIpc) is 3.21. The highest BCUT2D eigenvalue weighted by atomic mass is 35.5. The highest BCUT2D eigenvalue weighted by Crippen LogP contribution is 2.33. The van der Waals surface area contributed by atoms with Crippen molar-refractivity contribution in [3.63, 3.8) is 0 Å². The van der Waals surface area contributed by atoms with Crippen molar-refractivity contribution in [3.05, 3.63) is 58.1 Å². The summed E-state index contributed by atoms with van der Waals surface area (Å²) in [4.78, 5) is 22.3. The fourth-order valence-corrected chi connectivity index (χ4v) is 5.11. The van der Waals surface area contributed by atoms with Crippen LogP contribution in [0.2, 0.25) is 5.02 Å². The first-order chi connectivity index (χ1) is 15.0. The first-order valence-electron chi connectivity index (χ1n) is 10.2. The maximum atomic E-state index is 13.4. The van der Waals surface area contributed by atoms with Crippen LogP contribution in [0, 0.1) is 18.3 Å². The van der Waals surface area contributed by atoms with Crippen molar-refractivity contribution in [1.82, 2.24) is 9.88 Å². The second-order valence-electron chi connectivity index (χ2n) is 7.52. The number of rotatable bonds is 6. The van der Waals surface area contributed by atoms with Crippen LogP contribution in [0.25, 0.3) is 10.2 Å². The quantitative estimate of drug-likeness (QED) is 0.548. The maximum absolute atomic E-state index is 13.4. The van der Waals surface area contributed by atoms with Gasteiger partial charge in [-0.1, -0.05) is 22.9 Å². The van der Waals surface area contributed by atoms with Crippen molar-refractivity contribution < 1.29 is 9.53 Å². The van der Waals surface area contributed by atoms with Gasteiger partial charge in [0.15, 0.2) is 5.13 Å². The minimum Gasteiger partial charge on any atom is -0.379 e. The Morgan fingerprint density at radius 3 is 2.74 bits per heavy atom. The molecule has 0 saturated carbocycles. The number of nitriles is 1. The molecule has 4 rings (SSSR count). The van der Waals surface area contributed by atoms with E-state index in [-0.39, 0.29) is 5.91 Å². The second-order valence-corrected chi connectivity index (χ2v) is 8.96. The largest absolute Gasteiger partial charge is 0.379 e. The number of hydrogen-bond acceptors (Lipinski definition) is 6. The Morgan fingerprint density at radius 1 is 1.29 bits per heavy atom. The van der Waals surface area contributed by atoms with Crippen LogP contribution in [-0.4, -0.2) is 55.2 Å². The van der Waals surface area contributed by atoms with Gasteiger partial charge < -0.3 is 4.74 Å². The van der Waals surface area contributed by atoms with E-state index in [2.05, 4.69) is 11.0 Å². The number of anilines is 1. The lowest BCUT2D eigenvalue weighted by atomic mass is 10.1. The van der Waals surface area contributed by atoms with E-state index < -0.39 is 0 Å². The number of ether oxygens (including phenoxy) is 1. The summed E-state index contributed by atoms with van der Waals surface area (Å²) in [5, 5.41) is 10.4. The van der Waals surface area contributed by atoms with E-state index in [1.807, 2.05) is 19.1 Å². The fourth-order valence-electron chi connectivity index (χ4n) is 3.66. The topological polar surface area (TPSA) is 69.5 Å². The van der Waals surface area contributed by atoms with Crippen LogP contribution < -0.4 is 4.90 Å². The molecule has 1 aliphatic heterocycles. The molecule has 31 heavy (non-hydrogen) atoms. The summed E-state index contributed by atoms with van der Waals surface area (Å²) in [5.74, 6) is -0.116. The summed E-state index contributed by atoms with van der Waals surface area (Å²) in [6.07, 6.45) is 0.831. The normalized spacial score (nSPS) is 14.5. The number of benzene rings is 2. The lowest BCUT2D eigenvalue weighted by molar-refractivity contribution is 0.0376. The molecule has 0 bridgehead atoms. The molecule has 1 amide bonds. The van der Waals surface area contributed by atoms with Crippen molar-refractivity contribution in [3.8, 4) is 6.07 Å². The summed E-state index contributed by atoms with van der Waals surface area (Å²) in [5.41, 5.74) is 2.93. The van der Waals surface area contributed by atoms with Gasteiger partial charge in [-0.05, 0) is 55.3 Å². The lowest BCUT2D eigenvalue weighted by Crippen LogP contribution is -2.39. The number of morpholine rings is 1. The van der Waals surface area contributed by atoms with Crippen LogP contribution in [0.1, 0.15) is 27.9 Å². The number of nitrogens with zero attached hydrogens (tertiary/aromatic N) is 4. The van der Waals surface area contributed by atoms with Crippen LogP contribution in [0.4, 0.5) is 5.13 Å². The molecule has 8 heteroatoms. The summed E-state index contributed by atoms with van der Waals surface area (Å²) in [6, 6.07) is 12.6. The number of thiazole rings is 1. The zero-order valence-electron chi connectivity index (χ0n) is 17.3. The Kier molecular flexibility index (Phi) is 6.83. The molecule has 0 unspecified atom stereocenters. The van der Waals surface area contributed by atoms with Crippen LogP contribution in [-0.2, 0) is 4.74 Å². The predicted octanol–water partition coefficient (Wildman–Crippen LogP) is 4.50. The predicted molar refractivity (Wildman–Crippen MR) is 124 cm³/mol. The fraction of sp³-hybridized carbons (Fsp3) is 0.348. The zero-order valence-corrected chi connectivity index (χ0v) is 18.9. The third kappa shape index (κ3) is 5.05. The number of carbonyl (C=O) groups excluding carboxylic acids is 1. The van der Waals surface area contributed by atoms with Gasteiger partial charge in [0.25, 0.3) is 5.91 Å². The van der Waals surface area contributed by atoms with E-state index >= 15 is 0 Å². The zero-order chi connectivity index (χ0) is 21.8. The Labute approximate surface area is 190 Å². The van der Waals surface area contributed by atoms with E-state index in [0.29, 0.717) is 27.8 Å². The maximum Gasteiger partial charge on any atom is 0.260 e. The molecule has 0 spiro atoms. The van der Waals surface area contributed by atoms with Gasteiger partial charge in [-0.3, -0.25) is 14.6 Å². The summed E-state index contributed by atoms with van der Waals surface area (Å²) >= 11 is 7.70. The summed E-state index contributed by atoms with van der Waals surface area (Å²) in [6.45, 7) is 6.78. The molecule has 160 valence electrons. The number of fused-ring (bicyclic) bond motifs is 1. The van der Waals surface area contributed by atoms with Gasteiger partial charge >= 0.3 is 0 Å². The smallest absolute Gasteiger partial charge is 0.260 e. The highest BCUT2D eigenvalue weighted by molar-refractivity contribution is 7.22. The molecule has 6 nitrogen and oxygen atoms in total. The van der Waals surface area contributed by atoms with Crippen molar-refractivity contribution in [2.24, 2.45) is 0 Å². The molecular weight excluding hydrogens is 432 g/mol. The van der Waals surface area contributed by atoms with E-state index in [9.17, 15) is 4.79 Å². The Bertz CT molecular complexity index is 1120. The lowest BCUT2D eigenvalue weighted by Gasteiger charge is -2.27. The number of aryl methyl sites for hydroxylation is 1. The van der Waals surface area contributed by atoms with Gasteiger partial charge in [-0.2, -0.15) is 5.26 Å². The number of hydrogen-bond donors (Lipinski definition) is 0. The molecule has 3 aromatic rings. The molecule has 0 radical (unpaired) electrons. The second kappa shape index (κ2) is 9.75. The summed E-state index contributed by atoms with van der Waals surface area (Å²) < 4.78 is 6.38. The molecule has 2 aromatic carbocycles. The van der Waals surface area contributed by atoms with Gasteiger partial charge in [0.05, 0.1) is 35.1 Å². The standard InChI is InChI=1S/C23H23ClN4O2S/c1-16-13-19(24)14-20-21(16)26-23(31-20)28(8-2-7-27-9-11-30-12-10-27)22(29)18-5-3-17(15-25)4-6-18/h3-6,13-14H,2,7-12H2,1H3. The van der Waals surface area contributed by atoms with E-state index in [0.717, 1.165) is 55.0 Å². The van der Waals surface area contributed by atoms with E-state index in [4.69, 9.17) is 26.6 Å². The first-order valence-corrected chi connectivity index (χ1v) is 11.4. The third-order valence-electron chi connectivity index (χ3n) is 5.34. The molecule has 1 aliphatic rings. The van der Waals surface area contributed by atoms with Crippen molar-refractivity contribution in [2.75, 3.05) is 44.3 Å². The number of halogens is 1. The summed E-state index contributed by atoms with van der Waals surface area (Å²) in [7, 11) is 0. The van der Waals surface area contributed by atoms with Crippen molar-refractivity contribution in [1.29, 1.82) is 5.26 Å². The minimum atomic E-state index is -0.116. The van der Waals surface area contributed by atoms with Crippen molar-refractivity contribution in [2.45, 2.75) is 13.3 Å². The average molecular weight is 455 g/mol. The number of amides is 1. The van der Waals surface area contributed by atoms with Crippen LogP contribution in [0.3, 0.4) is 0 Å². The number of aromatic nitrogens is 1. The molecule has 1 fully saturated rings. The third-order valence-corrected chi connectivity index (χ3v) is 6.58. The van der Waals surface area contributed by atoms with E-state index in [1.54, 1.807) is 29.2 Å². The van der Waals surface area contributed by atoms with Gasteiger partial charge in [0.1, 0.15) is 0 Å². The minimum absolute atomic E-state index is 0.116. The van der Waals surface area contributed by atoms with Gasteiger partial charge in [-0.15, -0.1) is 0 Å². The molecule has 0 aliphatic carbocycles. The molecular formula is C23H23ClN4O2S. The van der Waals surface area contributed by atoms with Crippen LogP contribution in [0.5, 0.6) is 0 Å². The number of carbonyl (C=O) groups is 1. The first kappa shape index (κ1) is 21.7. The Balaban J connectivity index is 1.60. The molecule has 1 aromatic heterocycles. The Hall–Kier alpha value is -2.50. The molecule has 0 N–H and O–H groups in total. The van der Waals surface area contributed by atoms with Crippen molar-refractivity contribution >= 4 is 44.2 Å². The molecule has 1 saturated heterocycles. The Morgan fingerprint density at radius 2 is 2.03 bits per heavy atom. The molecule has 2 heterocycles. The van der Waals surface area contributed by atoms with Gasteiger partial charge in [0, 0.05) is 36.8 Å². The highest BCUT2D eigenvalue weighted by Gasteiger charge is 2.22. The molecule has 0 atom stereocenters. The monoisotopic (exact) mass is 454 g/mol. The SMILES string of the molecule is Cc1cc(Cl)cc2sc(N(CCCN3CCOCC3)C(=O)c3ccc(C#N)cc3)nc12. The van der Waals surface area contributed by atoms with Gasteiger partial charge in [-0.25, -0.2) is 4.98 Å². The van der Waals surface area contributed by atoms with Gasteiger partial charge in [0.2, 0.25) is 0 Å². The van der Waals surface area contributed by atoms with E-state index in [1.165, 1.54) is 11.3 Å². The van der Waals surface area contributed by atoms with Crippen LogP contribution >= 0.6 is 22.9 Å². The van der Waals surface area contributed by atoms with Crippen LogP contribution in [0.15, 0.2) is 36.4 Å².